The number of carboxylic acid groups (broad SMARTS) is 1. The number of carboxylic acids is 1. The van der Waals surface area contributed by atoms with Crippen LogP contribution in [0.25, 0.3) is 0 Å². The predicted octanol–water partition coefficient (Wildman–Crippen LogP) is 2.12. The summed E-state index contributed by atoms with van der Waals surface area (Å²) in [5.41, 5.74) is -1.09. The fourth-order valence-electron chi connectivity index (χ4n) is 1.34. The van der Waals surface area contributed by atoms with Gasteiger partial charge in [0, 0.05) is 11.8 Å². The smallest absolute Gasteiger partial charge is 0.342 e. The first-order valence-electron chi connectivity index (χ1n) is 5.04. The largest absolute Gasteiger partial charge is 0.477 e. The Morgan fingerprint density at radius 1 is 1.56 bits per heavy atom. The van der Waals surface area contributed by atoms with Crippen LogP contribution in [0, 0.1) is 22.5 Å². The van der Waals surface area contributed by atoms with E-state index in [0.29, 0.717) is 5.69 Å². The molecule has 0 saturated carbocycles. The molecule has 0 aliphatic heterocycles. The normalized spacial score (nSPS) is 10.5. The van der Waals surface area contributed by atoms with Crippen molar-refractivity contribution in [1.29, 1.82) is 0 Å². The molecular formula is C12H12N2O4. The highest BCUT2D eigenvalue weighted by Gasteiger charge is 2.21. The van der Waals surface area contributed by atoms with Gasteiger partial charge in [-0.1, -0.05) is 5.92 Å². The molecule has 0 atom stereocenters. The molecular weight excluding hydrogens is 236 g/mol. The number of rotatable bonds is 4. The summed E-state index contributed by atoms with van der Waals surface area (Å²) in [6.45, 7) is 3.46. The number of hydrogen-bond donors (Lipinski definition) is 2. The van der Waals surface area contributed by atoms with Crippen LogP contribution < -0.4 is 5.32 Å². The summed E-state index contributed by atoms with van der Waals surface area (Å²) in [6, 6.07) is 3.75. The van der Waals surface area contributed by atoms with Gasteiger partial charge in [0.25, 0.3) is 5.69 Å². The zero-order valence-corrected chi connectivity index (χ0v) is 9.93. The number of nitro groups is 1. The van der Waals surface area contributed by atoms with E-state index in [9.17, 15) is 14.9 Å². The van der Waals surface area contributed by atoms with Crippen LogP contribution in [-0.4, -0.2) is 21.5 Å². The molecule has 6 nitrogen and oxygen atoms in total. The third kappa shape index (κ3) is 2.98. The lowest BCUT2D eigenvalue weighted by Crippen LogP contribution is -2.28. The number of anilines is 1. The molecule has 94 valence electrons. The summed E-state index contributed by atoms with van der Waals surface area (Å²) in [7, 11) is 0. The average molecular weight is 248 g/mol. The summed E-state index contributed by atoms with van der Waals surface area (Å²) in [6.07, 6.45) is 5.29. The van der Waals surface area contributed by atoms with E-state index in [2.05, 4.69) is 11.2 Å². The number of benzene rings is 1. The molecule has 6 heteroatoms. The number of nitrogens with zero attached hydrogens (tertiary/aromatic N) is 1. The molecule has 0 aromatic heterocycles. The van der Waals surface area contributed by atoms with Crippen LogP contribution in [0.4, 0.5) is 11.4 Å². The van der Waals surface area contributed by atoms with Crippen molar-refractivity contribution < 1.29 is 14.8 Å². The third-order valence-electron chi connectivity index (χ3n) is 2.24. The van der Waals surface area contributed by atoms with E-state index in [-0.39, 0.29) is 5.56 Å². The first kappa shape index (κ1) is 13.5. The standard InChI is InChI=1S/C12H12N2O4/c1-4-12(2,3)13-8-5-6-10(14(17)18)9(7-8)11(15)16/h1,5-7,13H,2-3H3,(H,15,16). The van der Waals surface area contributed by atoms with Crippen molar-refractivity contribution in [3.05, 3.63) is 33.9 Å². The molecule has 0 aliphatic carbocycles. The highest BCUT2D eigenvalue weighted by Crippen LogP contribution is 2.24. The number of nitrogens with one attached hydrogen (secondary N) is 1. The first-order valence-corrected chi connectivity index (χ1v) is 5.04. The van der Waals surface area contributed by atoms with Crippen LogP contribution in [-0.2, 0) is 0 Å². The molecule has 0 saturated heterocycles. The third-order valence-corrected chi connectivity index (χ3v) is 2.24. The maximum Gasteiger partial charge on any atom is 0.342 e. The van der Waals surface area contributed by atoms with Crippen molar-refractivity contribution in [2.75, 3.05) is 5.32 Å². The topological polar surface area (TPSA) is 92.5 Å². The molecule has 2 N–H and O–H groups in total. The van der Waals surface area contributed by atoms with E-state index in [1.807, 2.05) is 0 Å². The zero-order valence-electron chi connectivity index (χ0n) is 9.93. The summed E-state index contributed by atoms with van der Waals surface area (Å²) in [5.74, 6) is 1.13. The lowest BCUT2D eigenvalue weighted by atomic mass is 10.1. The molecule has 0 heterocycles. The Labute approximate surface area is 104 Å². The van der Waals surface area contributed by atoms with Crippen LogP contribution in [0.3, 0.4) is 0 Å². The number of terminal acetylenes is 1. The minimum Gasteiger partial charge on any atom is -0.477 e. The van der Waals surface area contributed by atoms with Crippen LogP contribution in [0.5, 0.6) is 0 Å². The number of carbonyl (C=O) groups is 1. The number of aromatic carboxylic acids is 1. The lowest BCUT2D eigenvalue weighted by molar-refractivity contribution is -0.385. The molecule has 0 amide bonds. The maximum atomic E-state index is 10.9. The molecule has 0 aliphatic rings. The number of nitro benzene ring substituents is 1. The SMILES string of the molecule is C#CC(C)(C)Nc1ccc([N+](=O)[O-])c(C(=O)O)c1. The second-order valence-corrected chi connectivity index (χ2v) is 4.19. The summed E-state index contributed by atoms with van der Waals surface area (Å²) in [5, 5.41) is 22.5. The molecule has 1 aromatic carbocycles. The minimum atomic E-state index is -1.36. The Morgan fingerprint density at radius 3 is 2.61 bits per heavy atom. The monoisotopic (exact) mass is 248 g/mol. The van der Waals surface area contributed by atoms with Gasteiger partial charge >= 0.3 is 5.97 Å². The fraction of sp³-hybridized carbons (Fsp3) is 0.250. The Morgan fingerprint density at radius 2 is 2.17 bits per heavy atom. The lowest BCUT2D eigenvalue weighted by Gasteiger charge is -2.21. The average Bonchev–Trinajstić information content (AvgIpc) is 2.28. The van der Waals surface area contributed by atoms with Gasteiger partial charge in [0.1, 0.15) is 5.56 Å². The Balaban J connectivity index is 3.21. The van der Waals surface area contributed by atoms with Gasteiger partial charge in [0.2, 0.25) is 0 Å². The highest BCUT2D eigenvalue weighted by molar-refractivity contribution is 5.93. The molecule has 1 aromatic rings. The van der Waals surface area contributed by atoms with E-state index < -0.39 is 22.1 Å². The molecule has 0 bridgehead atoms. The van der Waals surface area contributed by atoms with Gasteiger partial charge in [-0.05, 0) is 26.0 Å². The van der Waals surface area contributed by atoms with Gasteiger partial charge < -0.3 is 10.4 Å². The van der Waals surface area contributed by atoms with Crippen molar-refractivity contribution in [2.45, 2.75) is 19.4 Å². The predicted molar refractivity (Wildman–Crippen MR) is 66.6 cm³/mol. The molecule has 0 radical (unpaired) electrons. The van der Waals surface area contributed by atoms with Crippen molar-refractivity contribution in [2.24, 2.45) is 0 Å². The summed E-state index contributed by atoms with van der Waals surface area (Å²) < 4.78 is 0. The van der Waals surface area contributed by atoms with Crippen LogP contribution in [0.1, 0.15) is 24.2 Å². The molecule has 0 spiro atoms. The second-order valence-electron chi connectivity index (χ2n) is 4.19. The van der Waals surface area contributed by atoms with Crippen molar-refractivity contribution in [3.63, 3.8) is 0 Å². The minimum absolute atomic E-state index is 0.377. The van der Waals surface area contributed by atoms with E-state index in [0.717, 1.165) is 6.07 Å². The van der Waals surface area contributed by atoms with Gasteiger partial charge in [-0.25, -0.2) is 4.79 Å². The van der Waals surface area contributed by atoms with E-state index in [4.69, 9.17) is 11.5 Å². The fourth-order valence-corrected chi connectivity index (χ4v) is 1.34. The van der Waals surface area contributed by atoms with Crippen LogP contribution >= 0.6 is 0 Å². The first-order chi connectivity index (χ1) is 8.26. The number of hydrogen-bond acceptors (Lipinski definition) is 4. The summed E-state index contributed by atoms with van der Waals surface area (Å²) in [4.78, 5) is 20.9. The molecule has 0 fully saturated rings. The van der Waals surface area contributed by atoms with Gasteiger partial charge in [-0.3, -0.25) is 10.1 Å². The maximum absolute atomic E-state index is 10.9. The van der Waals surface area contributed by atoms with Crippen molar-refractivity contribution in [3.8, 4) is 12.3 Å². The molecule has 1 rings (SSSR count). The quantitative estimate of drug-likeness (QED) is 0.483. The summed E-state index contributed by atoms with van der Waals surface area (Å²) >= 11 is 0. The highest BCUT2D eigenvalue weighted by atomic mass is 16.6. The Hall–Kier alpha value is -2.55. The van der Waals surface area contributed by atoms with Crippen LogP contribution in [0.15, 0.2) is 18.2 Å². The Kier molecular flexibility index (Phi) is 3.57. The van der Waals surface area contributed by atoms with E-state index >= 15 is 0 Å². The van der Waals surface area contributed by atoms with Gasteiger partial charge in [0.05, 0.1) is 10.5 Å². The molecule has 0 unspecified atom stereocenters. The van der Waals surface area contributed by atoms with Gasteiger partial charge in [0.15, 0.2) is 0 Å². The zero-order chi connectivity index (χ0) is 13.9. The van der Waals surface area contributed by atoms with E-state index in [1.165, 1.54) is 12.1 Å². The van der Waals surface area contributed by atoms with Crippen molar-refractivity contribution in [1.82, 2.24) is 0 Å². The Bertz CT molecular complexity index is 543. The van der Waals surface area contributed by atoms with Crippen LogP contribution in [0.2, 0.25) is 0 Å². The van der Waals surface area contributed by atoms with E-state index in [1.54, 1.807) is 13.8 Å². The second kappa shape index (κ2) is 4.75. The van der Waals surface area contributed by atoms with Gasteiger partial charge in [-0.15, -0.1) is 6.42 Å². The van der Waals surface area contributed by atoms with Crippen molar-refractivity contribution >= 4 is 17.3 Å². The van der Waals surface area contributed by atoms with Gasteiger partial charge in [-0.2, -0.15) is 0 Å². The molecule has 18 heavy (non-hydrogen) atoms.